The summed E-state index contributed by atoms with van der Waals surface area (Å²) in [6.45, 7) is 0.605. The van der Waals surface area contributed by atoms with Gasteiger partial charge in [0.25, 0.3) is 5.91 Å². The van der Waals surface area contributed by atoms with Crippen molar-refractivity contribution in [3.8, 4) is 0 Å². The van der Waals surface area contributed by atoms with Crippen LogP contribution >= 0.6 is 34.8 Å². The molecule has 2 aromatic carbocycles. The van der Waals surface area contributed by atoms with Gasteiger partial charge in [-0.25, -0.2) is 0 Å². The van der Waals surface area contributed by atoms with Crippen molar-refractivity contribution in [2.24, 2.45) is 0 Å². The predicted molar refractivity (Wildman–Crippen MR) is 97.5 cm³/mol. The summed E-state index contributed by atoms with van der Waals surface area (Å²) in [4.78, 5) is 26.0. The molecule has 0 bridgehead atoms. The minimum absolute atomic E-state index is 0.0103. The third kappa shape index (κ3) is 3.66. The van der Waals surface area contributed by atoms with E-state index in [9.17, 15) is 9.59 Å². The van der Waals surface area contributed by atoms with E-state index in [0.717, 1.165) is 6.42 Å². The molecule has 2 amide bonds. The highest BCUT2D eigenvalue weighted by Gasteiger charge is 2.24. The molecular weight excluding hydrogens is 371 g/mol. The van der Waals surface area contributed by atoms with Crippen LogP contribution in [0.15, 0.2) is 36.4 Å². The van der Waals surface area contributed by atoms with E-state index in [2.05, 4.69) is 5.32 Å². The van der Waals surface area contributed by atoms with E-state index in [1.54, 1.807) is 41.3 Å². The molecule has 1 fully saturated rings. The molecule has 0 aliphatic carbocycles. The van der Waals surface area contributed by atoms with E-state index >= 15 is 0 Å². The quantitative estimate of drug-likeness (QED) is 0.808. The van der Waals surface area contributed by atoms with E-state index in [-0.39, 0.29) is 11.8 Å². The number of carbonyl (C=O) groups is 2. The van der Waals surface area contributed by atoms with Crippen LogP contribution in [0, 0.1) is 0 Å². The first-order valence-electron chi connectivity index (χ1n) is 7.31. The van der Waals surface area contributed by atoms with Gasteiger partial charge in [-0.3, -0.25) is 9.59 Å². The van der Waals surface area contributed by atoms with Gasteiger partial charge in [0.05, 0.1) is 10.7 Å². The molecule has 0 unspecified atom stereocenters. The number of hydrogen-bond acceptors (Lipinski definition) is 2. The molecule has 124 valence electrons. The molecule has 2 aromatic rings. The number of amides is 2. The zero-order valence-corrected chi connectivity index (χ0v) is 14.8. The molecule has 1 saturated heterocycles. The Hall–Kier alpha value is -1.75. The number of anilines is 2. The van der Waals surface area contributed by atoms with Gasteiger partial charge in [-0.1, -0.05) is 34.8 Å². The summed E-state index contributed by atoms with van der Waals surface area (Å²) in [5.41, 5.74) is 1.44. The van der Waals surface area contributed by atoms with Gasteiger partial charge in [0, 0.05) is 34.3 Å². The third-order valence-corrected chi connectivity index (χ3v) is 4.45. The van der Waals surface area contributed by atoms with Gasteiger partial charge in [0.2, 0.25) is 5.91 Å². The smallest absolute Gasteiger partial charge is 0.255 e. The second-order valence-electron chi connectivity index (χ2n) is 5.43. The number of nitrogens with zero attached hydrogens (tertiary/aromatic N) is 1. The Kier molecular flexibility index (Phi) is 4.99. The third-order valence-electron chi connectivity index (χ3n) is 3.69. The van der Waals surface area contributed by atoms with Gasteiger partial charge in [-0.05, 0) is 42.8 Å². The van der Waals surface area contributed by atoms with Gasteiger partial charge >= 0.3 is 0 Å². The van der Waals surface area contributed by atoms with Crippen LogP contribution in [0.1, 0.15) is 23.2 Å². The van der Waals surface area contributed by atoms with Crippen LogP contribution < -0.4 is 10.2 Å². The highest BCUT2D eigenvalue weighted by atomic mass is 35.5. The summed E-state index contributed by atoms with van der Waals surface area (Å²) in [7, 11) is 0. The molecule has 3 rings (SSSR count). The zero-order chi connectivity index (χ0) is 17.3. The second kappa shape index (κ2) is 7.01. The molecule has 0 saturated carbocycles. The Morgan fingerprint density at radius 3 is 2.38 bits per heavy atom. The van der Waals surface area contributed by atoms with E-state index in [1.165, 1.54) is 0 Å². The molecule has 4 nitrogen and oxygen atoms in total. The van der Waals surface area contributed by atoms with Gasteiger partial charge in [0.15, 0.2) is 0 Å². The summed E-state index contributed by atoms with van der Waals surface area (Å²) < 4.78 is 0. The Morgan fingerprint density at radius 1 is 1.04 bits per heavy atom. The standard InChI is InChI=1S/C17H13Cl3N2O2/c18-11-7-12(19)9-13(8-11)21-17(24)10-3-4-14(20)15(6-10)22-5-1-2-16(22)23/h3-4,6-9H,1-2,5H2,(H,21,24). The lowest BCUT2D eigenvalue weighted by Gasteiger charge is -2.18. The highest BCUT2D eigenvalue weighted by molar-refractivity contribution is 6.35. The number of halogens is 3. The van der Waals surface area contributed by atoms with Crippen LogP contribution in [0.4, 0.5) is 11.4 Å². The minimum atomic E-state index is -0.335. The van der Waals surface area contributed by atoms with Crippen molar-refractivity contribution in [3.05, 3.63) is 57.0 Å². The second-order valence-corrected chi connectivity index (χ2v) is 6.71. The van der Waals surface area contributed by atoms with Gasteiger partial charge in [0.1, 0.15) is 0 Å². The lowest BCUT2D eigenvalue weighted by molar-refractivity contribution is -0.117. The highest BCUT2D eigenvalue weighted by Crippen LogP contribution is 2.31. The summed E-state index contributed by atoms with van der Waals surface area (Å²) in [5.74, 6) is -0.325. The molecular formula is C17H13Cl3N2O2. The molecule has 0 aromatic heterocycles. The first-order valence-corrected chi connectivity index (χ1v) is 8.45. The monoisotopic (exact) mass is 382 g/mol. The first-order chi connectivity index (χ1) is 11.4. The van der Waals surface area contributed by atoms with Crippen molar-refractivity contribution in [1.82, 2.24) is 0 Å². The fraction of sp³-hybridized carbons (Fsp3) is 0.176. The van der Waals surface area contributed by atoms with E-state index in [4.69, 9.17) is 34.8 Å². The van der Waals surface area contributed by atoms with Crippen molar-refractivity contribution in [1.29, 1.82) is 0 Å². The Labute approximate surface area is 154 Å². The molecule has 1 N–H and O–H groups in total. The maximum atomic E-state index is 12.5. The number of benzene rings is 2. The molecule has 0 radical (unpaired) electrons. The zero-order valence-electron chi connectivity index (χ0n) is 12.5. The van der Waals surface area contributed by atoms with E-state index in [0.29, 0.717) is 45.0 Å². The number of nitrogens with one attached hydrogen (secondary N) is 1. The van der Waals surface area contributed by atoms with Crippen LogP contribution in [0.2, 0.25) is 15.1 Å². The Balaban J connectivity index is 1.86. The van der Waals surface area contributed by atoms with Crippen molar-refractivity contribution in [2.75, 3.05) is 16.8 Å². The molecule has 1 heterocycles. The average molecular weight is 384 g/mol. The average Bonchev–Trinajstić information content (AvgIpc) is 2.92. The summed E-state index contributed by atoms with van der Waals surface area (Å²) in [6, 6.07) is 9.62. The molecule has 0 atom stereocenters. The summed E-state index contributed by atoms with van der Waals surface area (Å²) in [6.07, 6.45) is 1.28. The van der Waals surface area contributed by atoms with Crippen LogP contribution in [-0.2, 0) is 4.79 Å². The normalized spacial score (nSPS) is 14.1. The van der Waals surface area contributed by atoms with Crippen LogP contribution in [-0.4, -0.2) is 18.4 Å². The molecule has 7 heteroatoms. The molecule has 1 aliphatic heterocycles. The predicted octanol–water partition coefficient (Wildman–Crippen LogP) is 5.03. The van der Waals surface area contributed by atoms with Gasteiger partial charge < -0.3 is 10.2 Å². The first kappa shape index (κ1) is 17.1. The summed E-state index contributed by atoms with van der Waals surface area (Å²) in [5, 5.41) is 4.03. The summed E-state index contributed by atoms with van der Waals surface area (Å²) >= 11 is 18.0. The lowest BCUT2D eigenvalue weighted by Crippen LogP contribution is -2.24. The topological polar surface area (TPSA) is 49.4 Å². The van der Waals surface area contributed by atoms with Crippen molar-refractivity contribution in [2.45, 2.75) is 12.8 Å². The van der Waals surface area contributed by atoms with E-state index in [1.807, 2.05) is 0 Å². The van der Waals surface area contributed by atoms with Crippen LogP contribution in [0.5, 0.6) is 0 Å². The van der Waals surface area contributed by atoms with Crippen molar-refractivity contribution >= 4 is 58.0 Å². The lowest BCUT2D eigenvalue weighted by atomic mass is 10.1. The fourth-order valence-electron chi connectivity index (χ4n) is 2.59. The van der Waals surface area contributed by atoms with Gasteiger partial charge in [-0.2, -0.15) is 0 Å². The molecule has 24 heavy (non-hydrogen) atoms. The van der Waals surface area contributed by atoms with Crippen molar-refractivity contribution < 1.29 is 9.59 Å². The molecule has 1 aliphatic rings. The minimum Gasteiger partial charge on any atom is -0.322 e. The fourth-order valence-corrected chi connectivity index (χ4v) is 3.34. The van der Waals surface area contributed by atoms with Crippen LogP contribution in [0.3, 0.4) is 0 Å². The van der Waals surface area contributed by atoms with E-state index < -0.39 is 0 Å². The van der Waals surface area contributed by atoms with Gasteiger partial charge in [-0.15, -0.1) is 0 Å². The largest absolute Gasteiger partial charge is 0.322 e. The maximum Gasteiger partial charge on any atom is 0.255 e. The Morgan fingerprint density at radius 2 is 1.75 bits per heavy atom. The Bertz CT molecular complexity index is 803. The number of rotatable bonds is 3. The number of carbonyl (C=O) groups excluding carboxylic acids is 2. The van der Waals surface area contributed by atoms with Crippen LogP contribution in [0.25, 0.3) is 0 Å². The molecule has 0 spiro atoms. The maximum absolute atomic E-state index is 12.5. The number of hydrogen-bond donors (Lipinski definition) is 1. The van der Waals surface area contributed by atoms with Crippen molar-refractivity contribution in [3.63, 3.8) is 0 Å². The SMILES string of the molecule is O=C(Nc1cc(Cl)cc(Cl)c1)c1ccc(Cl)c(N2CCCC2=O)c1.